The summed E-state index contributed by atoms with van der Waals surface area (Å²) in [4.78, 5) is 12.5. The third-order valence-electron chi connectivity index (χ3n) is 4.72. The molecule has 6 nitrogen and oxygen atoms in total. The number of nitrogens with zero attached hydrogens (tertiary/aromatic N) is 3. The Labute approximate surface area is 192 Å². The summed E-state index contributed by atoms with van der Waals surface area (Å²) in [5.74, 6) is 1.34. The molecule has 4 rings (SSSR count). The molecule has 1 N–H and O–H groups in total. The second-order valence-corrected chi connectivity index (χ2v) is 9.01. The third kappa shape index (κ3) is 4.75. The molecule has 2 aromatic carbocycles. The first-order valence-electron chi connectivity index (χ1n) is 9.68. The van der Waals surface area contributed by atoms with E-state index in [-0.39, 0.29) is 11.7 Å². The van der Waals surface area contributed by atoms with Gasteiger partial charge in [-0.2, -0.15) is 0 Å². The number of hydrogen-bond acceptors (Lipinski definition) is 5. The number of anilines is 1. The maximum absolute atomic E-state index is 12.5. The normalized spacial score (nSPS) is 11.1. The molecule has 1 amide bonds. The van der Waals surface area contributed by atoms with Crippen LogP contribution in [0.25, 0.3) is 22.6 Å². The lowest BCUT2D eigenvalue weighted by molar-refractivity contribution is -0.113. The van der Waals surface area contributed by atoms with E-state index in [1.807, 2.05) is 60.9 Å². The Kier molecular flexibility index (Phi) is 6.29. The molecule has 0 fully saturated rings. The van der Waals surface area contributed by atoms with Crippen molar-refractivity contribution in [2.75, 3.05) is 11.1 Å². The summed E-state index contributed by atoms with van der Waals surface area (Å²) in [7, 11) is 0. The number of allylic oxidation sites excluding steroid dienone is 1. The van der Waals surface area contributed by atoms with Crippen molar-refractivity contribution in [1.82, 2.24) is 14.8 Å². The van der Waals surface area contributed by atoms with Crippen molar-refractivity contribution in [2.45, 2.75) is 25.5 Å². The Hall–Kier alpha value is -2.84. The van der Waals surface area contributed by atoms with Crippen LogP contribution in [-0.4, -0.2) is 26.4 Å². The van der Waals surface area contributed by atoms with Crippen molar-refractivity contribution < 1.29 is 9.21 Å². The smallest absolute Gasteiger partial charge is 0.234 e. The first-order chi connectivity index (χ1) is 14.9. The minimum absolute atomic E-state index is 0.0970. The summed E-state index contributed by atoms with van der Waals surface area (Å²) >= 11 is 4.81. The van der Waals surface area contributed by atoms with Crippen LogP contribution in [0, 0.1) is 13.8 Å². The number of aromatic nitrogens is 3. The number of thioether (sulfide) groups is 1. The highest BCUT2D eigenvalue weighted by Crippen LogP contribution is 2.31. The zero-order valence-corrected chi connectivity index (χ0v) is 19.6. The van der Waals surface area contributed by atoms with Gasteiger partial charge in [-0.3, -0.25) is 9.36 Å². The van der Waals surface area contributed by atoms with Crippen LogP contribution in [0.2, 0.25) is 0 Å². The predicted octanol–water partition coefficient (Wildman–Crippen LogP) is 5.99. The predicted molar refractivity (Wildman–Crippen MR) is 128 cm³/mol. The first-order valence-corrected chi connectivity index (χ1v) is 11.5. The number of amides is 1. The zero-order chi connectivity index (χ0) is 22.0. The van der Waals surface area contributed by atoms with Gasteiger partial charge in [0.1, 0.15) is 5.58 Å². The van der Waals surface area contributed by atoms with Gasteiger partial charge >= 0.3 is 0 Å². The van der Waals surface area contributed by atoms with E-state index in [1.165, 1.54) is 11.8 Å². The van der Waals surface area contributed by atoms with Gasteiger partial charge in [-0.15, -0.1) is 16.8 Å². The summed E-state index contributed by atoms with van der Waals surface area (Å²) in [6.07, 6.45) is 1.77. The molecule has 0 spiro atoms. The zero-order valence-electron chi connectivity index (χ0n) is 17.2. The van der Waals surface area contributed by atoms with Gasteiger partial charge in [0.05, 0.1) is 5.75 Å². The number of carbonyl (C=O) groups excluding carboxylic acids is 1. The van der Waals surface area contributed by atoms with Crippen LogP contribution in [0.15, 0.2) is 69.2 Å². The standard InChI is InChI=1S/C23H21BrN4O2S/c1-4-9-28-22(20-12-16-11-17(24)6-8-19(16)30-20)26-27-23(28)31-13-21(29)25-18-7-5-14(2)10-15(18)3/h4-8,10-12H,1,9,13H2,2-3H3,(H,25,29). The number of halogens is 1. The summed E-state index contributed by atoms with van der Waals surface area (Å²) in [6.45, 7) is 8.34. The number of nitrogens with one attached hydrogen (secondary N) is 1. The maximum atomic E-state index is 12.5. The van der Waals surface area contributed by atoms with Gasteiger partial charge in [0.25, 0.3) is 0 Å². The third-order valence-corrected chi connectivity index (χ3v) is 6.18. The Bertz CT molecular complexity index is 1280. The summed E-state index contributed by atoms with van der Waals surface area (Å²) in [5.41, 5.74) is 3.78. The van der Waals surface area contributed by atoms with Crippen LogP contribution >= 0.6 is 27.7 Å². The molecule has 4 aromatic rings. The SMILES string of the molecule is C=CCn1c(SCC(=O)Nc2ccc(C)cc2C)nnc1-c1cc2cc(Br)ccc2o1. The molecule has 0 aliphatic carbocycles. The molecule has 2 heterocycles. The van der Waals surface area contributed by atoms with Crippen molar-refractivity contribution in [3.05, 3.63) is 70.7 Å². The number of hydrogen-bond donors (Lipinski definition) is 1. The molecule has 158 valence electrons. The number of benzene rings is 2. The lowest BCUT2D eigenvalue weighted by atomic mass is 10.1. The molecule has 31 heavy (non-hydrogen) atoms. The summed E-state index contributed by atoms with van der Waals surface area (Å²) < 4.78 is 8.85. The average molecular weight is 497 g/mol. The van der Waals surface area contributed by atoms with E-state index in [0.29, 0.717) is 23.3 Å². The minimum Gasteiger partial charge on any atom is -0.453 e. The molecular weight excluding hydrogens is 476 g/mol. The van der Waals surface area contributed by atoms with Crippen molar-refractivity contribution in [3.8, 4) is 11.6 Å². The first kappa shape index (κ1) is 21.4. The van der Waals surface area contributed by atoms with Crippen molar-refractivity contribution in [1.29, 1.82) is 0 Å². The molecular formula is C23H21BrN4O2S. The quantitative estimate of drug-likeness (QED) is 0.251. The molecule has 0 unspecified atom stereocenters. The maximum Gasteiger partial charge on any atom is 0.234 e. The Morgan fingerprint density at radius 2 is 2.06 bits per heavy atom. The lowest BCUT2D eigenvalue weighted by Gasteiger charge is -2.09. The average Bonchev–Trinajstić information content (AvgIpc) is 3.32. The Balaban J connectivity index is 1.52. The van der Waals surface area contributed by atoms with Crippen molar-refractivity contribution >= 4 is 50.3 Å². The Morgan fingerprint density at radius 1 is 1.23 bits per heavy atom. The largest absolute Gasteiger partial charge is 0.453 e. The highest BCUT2D eigenvalue weighted by Gasteiger charge is 2.18. The molecule has 0 radical (unpaired) electrons. The van der Waals surface area contributed by atoms with Crippen molar-refractivity contribution in [2.24, 2.45) is 0 Å². The molecule has 0 saturated heterocycles. The number of rotatable bonds is 7. The lowest BCUT2D eigenvalue weighted by Crippen LogP contribution is -2.15. The van der Waals surface area contributed by atoms with E-state index in [0.717, 1.165) is 32.3 Å². The summed E-state index contributed by atoms with van der Waals surface area (Å²) in [6, 6.07) is 13.7. The fraction of sp³-hybridized carbons (Fsp3) is 0.174. The van der Waals surface area contributed by atoms with E-state index in [1.54, 1.807) is 6.08 Å². The van der Waals surface area contributed by atoms with Crippen LogP contribution in [0.5, 0.6) is 0 Å². The van der Waals surface area contributed by atoms with Crippen LogP contribution < -0.4 is 5.32 Å². The monoisotopic (exact) mass is 496 g/mol. The Morgan fingerprint density at radius 3 is 2.84 bits per heavy atom. The van der Waals surface area contributed by atoms with Crippen LogP contribution in [0.4, 0.5) is 5.69 Å². The summed E-state index contributed by atoms with van der Waals surface area (Å²) in [5, 5.41) is 13.2. The van der Waals surface area contributed by atoms with Gasteiger partial charge in [-0.05, 0) is 49.7 Å². The van der Waals surface area contributed by atoms with Gasteiger partial charge in [-0.1, -0.05) is 51.5 Å². The molecule has 0 atom stereocenters. The van der Waals surface area contributed by atoms with Crippen LogP contribution in [0.3, 0.4) is 0 Å². The number of aryl methyl sites for hydroxylation is 2. The number of carbonyl (C=O) groups is 1. The molecule has 0 saturated carbocycles. The van der Waals surface area contributed by atoms with E-state index < -0.39 is 0 Å². The highest BCUT2D eigenvalue weighted by molar-refractivity contribution is 9.10. The topological polar surface area (TPSA) is 73.0 Å². The second-order valence-electron chi connectivity index (χ2n) is 7.15. The molecule has 2 aromatic heterocycles. The fourth-order valence-electron chi connectivity index (χ4n) is 3.27. The molecule has 0 bridgehead atoms. The van der Waals surface area contributed by atoms with Crippen LogP contribution in [-0.2, 0) is 11.3 Å². The van der Waals surface area contributed by atoms with Crippen molar-refractivity contribution in [3.63, 3.8) is 0 Å². The van der Waals surface area contributed by atoms with Gasteiger partial charge in [-0.25, -0.2) is 0 Å². The van der Waals surface area contributed by atoms with E-state index in [4.69, 9.17) is 4.42 Å². The number of fused-ring (bicyclic) bond motifs is 1. The van der Waals surface area contributed by atoms with Gasteiger partial charge in [0.2, 0.25) is 11.7 Å². The molecule has 0 aliphatic rings. The van der Waals surface area contributed by atoms with E-state index in [9.17, 15) is 4.79 Å². The molecule has 8 heteroatoms. The second kappa shape index (κ2) is 9.11. The van der Waals surface area contributed by atoms with Gasteiger partial charge in [0, 0.05) is 22.1 Å². The van der Waals surface area contributed by atoms with Gasteiger partial charge < -0.3 is 9.73 Å². The highest BCUT2D eigenvalue weighted by atomic mass is 79.9. The van der Waals surface area contributed by atoms with Crippen LogP contribution in [0.1, 0.15) is 11.1 Å². The fourth-order valence-corrected chi connectivity index (χ4v) is 4.39. The van der Waals surface area contributed by atoms with E-state index >= 15 is 0 Å². The van der Waals surface area contributed by atoms with Gasteiger partial charge in [0.15, 0.2) is 10.9 Å². The number of furan rings is 1. The molecule has 0 aliphatic heterocycles. The minimum atomic E-state index is -0.0970. The van der Waals surface area contributed by atoms with E-state index in [2.05, 4.69) is 38.0 Å².